The van der Waals surface area contributed by atoms with E-state index < -0.39 is 0 Å². The molecule has 0 radical (unpaired) electrons. The quantitative estimate of drug-likeness (QED) is 0.752. The Labute approximate surface area is 173 Å². The lowest BCUT2D eigenvalue weighted by Crippen LogP contribution is -2.49. The SMILES string of the molecule is c1ccc(OCCN2CCC3CCN(c4cc(N5CCCC5)ncn4)CC32)cc1. The van der Waals surface area contributed by atoms with Gasteiger partial charge in [0.05, 0.1) is 0 Å². The molecule has 1 aromatic heterocycles. The molecule has 3 aliphatic heterocycles. The van der Waals surface area contributed by atoms with Gasteiger partial charge >= 0.3 is 0 Å². The van der Waals surface area contributed by atoms with Crippen molar-refractivity contribution < 1.29 is 4.74 Å². The second-order valence-corrected chi connectivity index (χ2v) is 8.48. The number of benzene rings is 1. The van der Waals surface area contributed by atoms with Crippen molar-refractivity contribution in [2.45, 2.75) is 31.7 Å². The van der Waals surface area contributed by atoms with Crippen LogP contribution in [0.4, 0.5) is 11.6 Å². The molecule has 0 amide bonds. The topological polar surface area (TPSA) is 44.7 Å². The van der Waals surface area contributed by atoms with Gasteiger partial charge in [-0.15, -0.1) is 0 Å². The van der Waals surface area contributed by atoms with Crippen LogP contribution in [-0.2, 0) is 0 Å². The highest BCUT2D eigenvalue weighted by atomic mass is 16.5. The molecule has 2 aromatic rings. The van der Waals surface area contributed by atoms with Crippen LogP contribution in [0.2, 0.25) is 0 Å². The number of fused-ring (bicyclic) bond motifs is 1. The number of aromatic nitrogens is 2. The van der Waals surface area contributed by atoms with E-state index in [0.717, 1.165) is 62.6 Å². The fourth-order valence-electron chi connectivity index (χ4n) is 5.14. The van der Waals surface area contributed by atoms with E-state index in [0.29, 0.717) is 6.04 Å². The van der Waals surface area contributed by atoms with E-state index in [-0.39, 0.29) is 0 Å². The Bertz CT molecular complexity index is 795. The highest BCUT2D eigenvalue weighted by Crippen LogP contribution is 2.33. The lowest BCUT2D eigenvalue weighted by molar-refractivity contribution is 0.171. The molecule has 5 rings (SSSR count). The minimum Gasteiger partial charge on any atom is -0.492 e. The summed E-state index contributed by atoms with van der Waals surface area (Å²) in [5, 5.41) is 0. The van der Waals surface area contributed by atoms with Crippen LogP contribution < -0.4 is 14.5 Å². The van der Waals surface area contributed by atoms with E-state index >= 15 is 0 Å². The maximum absolute atomic E-state index is 5.95. The van der Waals surface area contributed by atoms with Gasteiger partial charge in [0.2, 0.25) is 0 Å². The summed E-state index contributed by atoms with van der Waals surface area (Å²) in [5.41, 5.74) is 0. The number of rotatable bonds is 6. The van der Waals surface area contributed by atoms with E-state index in [9.17, 15) is 0 Å². The molecule has 0 N–H and O–H groups in total. The van der Waals surface area contributed by atoms with Crippen LogP contribution in [0.3, 0.4) is 0 Å². The molecule has 1 aromatic carbocycles. The van der Waals surface area contributed by atoms with Crippen molar-refractivity contribution in [3.63, 3.8) is 0 Å². The zero-order valence-corrected chi connectivity index (χ0v) is 17.1. The summed E-state index contributed by atoms with van der Waals surface area (Å²) in [4.78, 5) is 16.6. The molecule has 2 atom stereocenters. The summed E-state index contributed by atoms with van der Waals surface area (Å²) in [6.45, 7) is 7.34. The summed E-state index contributed by atoms with van der Waals surface area (Å²) in [6.07, 6.45) is 6.85. The van der Waals surface area contributed by atoms with Crippen molar-refractivity contribution in [2.24, 2.45) is 5.92 Å². The van der Waals surface area contributed by atoms with Crippen LogP contribution in [-0.4, -0.2) is 66.8 Å². The molecule has 29 heavy (non-hydrogen) atoms. The smallest absolute Gasteiger partial charge is 0.134 e. The molecule has 3 aliphatic rings. The molecule has 0 saturated carbocycles. The van der Waals surface area contributed by atoms with Crippen molar-refractivity contribution in [3.8, 4) is 5.75 Å². The van der Waals surface area contributed by atoms with Gasteiger partial charge in [0, 0.05) is 44.8 Å². The molecular formula is C23H31N5O. The van der Waals surface area contributed by atoms with Gasteiger partial charge in [0.15, 0.2) is 0 Å². The third kappa shape index (κ3) is 4.17. The fourth-order valence-corrected chi connectivity index (χ4v) is 5.14. The molecular weight excluding hydrogens is 362 g/mol. The molecule has 3 fully saturated rings. The number of nitrogens with zero attached hydrogens (tertiary/aromatic N) is 5. The first kappa shape index (κ1) is 18.7. The summed E-state index contributed by atoms with van der Waals surface area (Å²) in [7, 11) is 0. The monoisotopic (exact) mass is 393 g/mol. The van der Waals surface area contributed by atoms with Gasteiger partial charge in [0.25, 0.3) is 0 Å². The lowest BCUT2D eigenvalue weighted by atomic mass is 9.92. The Morgan fingerprint density at radius 2 is 1.66 bits per heavy atom. The minimum absolute atomic E-state index is 0.605. The van der Waals surface area contributed by atoms with Crippen LogP contribution in [0.25, 0.3) is 0 Å². The van der Waals surface area contributed by atoms with Crippen molar-refractivity contribution >= 4 is 11.6 Å². The van der Waals surface area contributed by atoms with Gasteiger partial charge in [0.1, 0.15) is 30.3 Å². The summed E-state index contributed by atoms with van der Waals surface area (Å²) in [5.74, 6) is 3.95. The largest absolute Gasteiger partial charge is 0.492 e. The molecule has 0 aliphatic carbocycles. The van der Waals surface area contributed by atoms with E-state index in [1.807, 2.05) is 30.3 Å². The Morgan fingerprint density at radius 3 is 2.48 bits per heavy atom. The number of piperidine rings is 1. The maximum atomic E-state index is 5.95. The Morgan fingerprint density at radius 1 is 0.897 bits per heavy atom. The van der Waals surface area contributed by atoms with Gasteiger partial charge in [-0.2, -0.15) is 0 Å². The highest BCUT2D eigenvalue weighted by Gasteiger charge is 2.38. The van der Waals surface area contributed by atoms with Crippen molar-refractivity contribution in [1.29, 1.82) is 0 Å². The highest BCUT2D eigenvalue weighted by molar-refractivity contribution is 5.51. The normalized spacial score (nSPS) is 24.7. The van der Waals surface area contributed by atoms with Crippen molar-refractivity contribution in [1.82, 2.24) is 14.9 Å². The third-order valence-electron chi connectivity index (χ3n) is 6.76. The van der Waals surface area contributed by atoms with Crippen LogP contribution in [0.15, 0.2) is 42.7 Å². The van der Waals surface area contributed by atoms with Crippen molar-refractivity contribution in [3.05, 3.63) is 42.7 Å². The van der Waals surface area contributed by atoms with Gasteiger partial charge in [-0.1, -0.05) is 18.2 Å². The Balaban J connectivity index is 1.21. The first-order chi connectivity index (χ1) is 14.4. The van der Waals surface area contributed by atoms with E-state index in [2.05, 4.69) is 30.7 Å². The number of likely N-dealkylation sites (tertiary alicyclic amines) is 1. The molecule has 6 nitrogen and oxygen atoms in total. The predicted octanol–water partition coefficient (Wildman–Crippen LogP) is 3.06. The van der Waals surface area contributed by atoms with Crippen LogP contribution in [0, 0.1) is 5.92 Å². The lowest BCUT2D eigenvalue weighted by Gasteiger charge is -2.39. The first-order valence-corrected chi connectivity index (χ1v) is 11.1. The van der Waals surface area contributed by atoms with E-state index in [4.69, 9.17) is 4.74 Å². The number of ether oxygens (including phenoxy) is 1. The second kappa shape index (κ2) is 8.57. The zero-order valence-electron chi connectivity index (χ0n) is 17.1. The second-order valence-electron chi connectivity index (χ2n) is 8.48. The molecule has 154 valence electrons. The Kier molecular flexibility index (Phi) is 5.52. The minimum atomic E-state index is 0.605. The van der Waals surface area contributed by atoms with Crippen LogP contribution in [0.5, 0.6) is 5.75 Å². The molecule has 6 heteroatoms. The standard InChI is InChI=1S/C23H31N5O/c1-2-6-20(7-3-1)29-15-14-26-12-8-19-9-13-28(17-21(19)26)23-16-22(24-18-25-23)27-10-4-5-11-27/h1-3,6-7,16,18-19,21H,4-5,8-15,17H2. The predicted molar refractivity (Wildman–Crippen MR) is 116 cm³/mol. The molecule has 3 saturated heterocycles. The van der Waals surface area contributed by atoms with Gasteiger partial charge in [-0.3, -0.25) is 4.90 Å². The van der Waals surface area contributed by atoms with E-state index in [1.165, 1.54) is 32.2 Å². The summed E-state index contributed by atoms with van der Waals surface area (Å²) >= 11 is 0. The van der Waals surface area contributed by atoms with Gasteiger partial charge in [-0.25, -0.2) is 9.97 Å². The zero-order chi connectivity index (χ0) is 19.5. The number of hydrogen-bond donors (Lipinski definition) is 0. The molecule has 2 unspecified atom stereocenters. The van der Waals surface area contributed by atoms with Crippen LogP contribution in [0.1, 0.15) is 25.7 Å². The van der Waals surface area contributed by atoms with Gasteiger partial charge < -0.3 is 14.5 Å². The maximum Gasteiger partial charge on any atom is 0.134 e. The Hall–Kier alpha value is -2.34. The first-order valence-electron chi connectivity index (χ1n) is 11.1. The molecule has 0 bridgehead atoms. The molecule has 4 heterocycles. The number of anilines is 2. The summed E-state index contributed by atoms with van der Waals surface area (Å²) < 4.78 is 5.95. The van der Waals surface area contributed by atoms with Gasteiger partial charge in [-0.05, 0) is 50.3 Å². The van der Waals surface area contributed by atoms with Crippen LogP contribution >= 0.6 is 0 Å². The molecule has 0 spiro atoms. The summed E-state index contributed by atoms with van der Waals surface area (Å²) in [6, 6.07) is 12.9. The fraction of sp³-hybridized carbons (Fsp3) is 0.565. The van der Waals surface area contributed by atoms with E-state index in [1.54, 1.807) is 6.33 Å². The average molecular weight is 394 g/mol. The third-order valence-corrected chi connectivity index (χ3v) is 6.76. The average Bonchev–Trinajstić information content (AvgIpc) is 3.45. The number of para-hydroxylation sites is 1. The number of hydrogen-bond acceptors (Lipinski definition) is 6. The van der Waals surface area contributed by atoms with Crippen molar-refractivity contribution in [2.75, 3.05) is 55.7 Å².